The van der Waals surface area contributed by atoms with Crippen molar-refractivity contribution in [3.8, 4) is 0 Å². The minimum Gasteiger partial charge on any atom is -0.376 e. The molecule has 8 nitrogen and oxygen atoms in total. The van der Waals surface area contributed by atoms with Gasteiger partial charge in [-0.3, -0.25) is 10.1 Å². The molecule has 0 aliphatic carbocycles. The molecule has 1 aromatic carbocycles. The van der Waals surface area contributed by atoms with Gasteiger partial charge in [-0.05, 0) is 50.7 Å². The lowest BCUT2D eigenvalue weighted by Crippen LogP contribution is -2.39. The molecule has 2 heterocycles. The molecule has 1 N–H and O–H groups in total. The van der Waals surface area contributed by atoms with Crippen LogP contribution < -0.4 is 5.32 Å². The highest BCUT2D eigenvalue weighted by molar-refractivity contribution is 7.89. The average Bonchev–Trinajstić information content (AvgIpc) is 3.16. The number of nitrogens with zero attached hydrogens (tertiary/aromatic N) is 2. The average molecular weight is 397 g/mol. The number of nitro groups is 1. The van der Waals surface area contributed by atoms with Gasteiger partial charge in [0, 0.05) is 31.8 Å². The maximum Gasteiger partial charge on any atom is 0.293 e. The number of anilines is 1. The van der Waals surface area contributed by atoms with Gasteiger partial charge in [0.25, 0.3) is 5.69 Å². The number of rotatable bonds is 6. The van der Waals surface area contributed by atoms with Crippen LogP contribution in [0.15, 0.2) is 23.1 Å². The van der Waals surface area contributed by atoms with Crippen LogP contribution in [0.2, 0.25) is 0 Å². The van der Waals surface area contributed by atoms with Gasteiger partial charge in [-0.1, -0.05) is 6.92 Å². The van der Waals surface area contributed by atoms with Crippen LogP contribution in [0.5, 0.6) is 0 Å². The molecule has 0 bridgehead atoms. The monoisotopic (exact) mass is 397 g/mol. The highest BCUT2D eigenvalue weighted by Crippen LogP contribution is 2.32. The second-order valence-electron chi connectivity index (χ2n) is 7.53. The molecule has 0 aromatic heterocycles. The number of hydrogen-bond acceptors (Lipinski definition) is 6. The summed E-state index contributed by atoms with van der Waals surface area (Å²) in [5, 5.41) is 14.7. The lowest BCUT2D eigenvalue weighted by Gasteiger charge is -2.30. The first-order chi connectivity index (χ1) is 12.8. The Kier molecular flexibility index (Phi) is 6.02. The van der Waals surface area contributed by atoms with E-state index in [-0.39, 0.29) is 28.6 Å². The predicted molar refractivity (Wildman–Crippen MR) is 102 cm³/mol. The molecule has 27 heavy (non-hydrogen) atoms. The van der Waals surface area contributed by atoms with Crippen molar-refractivity contribution in [2.45, 2.75) is 56.6 Å². The Balaban J connectivity index is 1.85. The van der Waals surface area contributed by atoms with E-state index in [1.54, 1.807) is 0 Å². The van der Waals surface area contributed by atoms with Crippen LogP contribution in [0, 0.1) is 16.0 Å². The van der Waals surface area contributed by atoms with Gasteiger partial charge < -0.3 is 10.1 Å². The van der Waals surface area contributed by atoms with Gasteiger partial charge in [0.15, 0.2) is 0 Å². The van der Waals surface area contributed by atoms with E-state index in [1.807, 2.05) is 13.8 Å². The molecule has 150 valence electrons. The topological polar surface area (TPSA) is 102 Å². The summed E-state index contributed by atoms with van der Waals surface area (Å²) in [7, 11) is -3.74. The van der Waals surface area contributed by atoms with Crippen molar-refractivity contribution in [3.63, 3.8) is 0 Å². The first kappa shape index (κ1) is 20.0. The summed E-state index contributed by atoms with van der Waals surface area (Å²) in [4.78, 5) is 11.0. The molecule has 0 spiro atoms. The third-order valence-corrected chi connectivity index (χ3v) is 7.19. The van der Waals surface area contributed by atoms with Gasteiger partial charge in [-0.25, -0.2) is 8.42 Å². The van der Waals surface area contributed by atoms with Crippen LogP contribution in [0.4, 0.5) is 11.4 Å². The van der Waals surface area contributed by atoms with Gasteiger partial charge in [0.1, 0.15) is 5.69 Å². The first-order valence-electron chi connectivity index (χ1n) is 9.46. The predicted octanol–water partition coefficient (Wildman–Crippen LogP) is 2.99. The molecule has 9 heteroatoms. The van der Waals surface area contributed by atoms with E-state index in [4.69, 9.17) is 4.74 Å². The summed E-state index contributed by atoms with van der Waals surface area (Å²) < 4.78 is 32.9. The smallest absolute Gasteiger partial charge is 0.293 e. The van der Waals surface area contributed by atoms with E-state index >= 15 is 0 Å². The third kappa shape index (κ3) is 4.41. The number of benzene rings is 1. The van der Waals surface area contributed by atoms with Crippen LogP contribution in [-0.4, -0.2) is 49.5 Å². The molecule has 3 atom stereocenters. The fourth-order valence-corrected chi connectivity index (χ4v) is 5.41. The quantitative estimate of drug-likeness (QED) is 0.585. The number of sulfonamides is 1. The Morgan fingerprint density at radius 1 is 1.33 bits per heavy atom. The zero-order valence-electron chi connectivity index (χ0n) is 15.8. The van der Waals surface area contributed by atoms with Crippen molar-refractivity contribution in [2.75, 3.05) is 25.0 Å². The number of hydrogen-bond donors (Lipinski definition) is 1. The molecule has 3 unspecified atom stereocenters. The molecule has 2 aliphatic heterocycles. The van der Waals surface area contributed by atoms with Crippen LogP contribution in [0.25, 0.3) is 0 Å². The number of nitro benzene ring substituents is 1. The molecule has 2 fully saturated rings. The van der Waals surface area contributed by atoms with Crippen molar-refractivity contribution in [3.05, 3.63) is 28.3 Å². The van der Waals surface area contributed by atoms with E-state index in [1.165, 1.54) is 22.5 Å². The second kappa shape index (κ2) is 8.12. The van der Waals surface area contributed by atoms with Crippen molar-refractivity contribution >= 4 is 21.4 Å². The van der Waals surface area contributed by atoms with E-state index < -0.39 is 14.9 Å². The highest BCUT2D eigenvalue weighted by Gasteiger charge is 2.31. The Labute approximate surface area is 160 Å². The minimum atomic E-state index is -3.74. The summed E-state index contributed by atoms with van der Waals surface area (Å²) in [5.41, 5.74) is 0.0833. The Bertz CT molecular complexity index is 792. The summed E-state index contributed by atoms with van der Waals surface area (Å²) in [5.74, 6) is 0.289. The zero-order valence-corrected chi connectivity index (χ0v) is 16.6. The van der Waals surface area contributed by atoms with E-state index in [0.29, 0.717) is 25.4 Å². The maximum absolute atomic E-state index is 12.9. The summed E-state index contributed by atoms with van der Waals surface area (Å²) >= 11 is 0. The zero-order chi connectivity index (χ0) is 19.6. The van der Waals surface area contributed by atoms with Crippen LogP contribution in [-0.2, 0) is 14.8 Å². The molecule has 2 saturated heterocycles. The summed E-state index contributed by atoms with van der Waals surface area (Å²) in [6.45, 7) is 5.54. The maximum atomic E-state index is 12.9. The van der Waals surface area contributed by atoms with Gasteiger partial charge in [0.2, 0.25) is 10.0 Å². The molecule has 0 saturated carbocycles. The minimum absolute atomic E-state index is 0.00264. The van der Waals surface area contributed by atoms with Crippen LogP contribution in [0.1, 0.15) is 39.5 Å². The standard InChI is InChI=1S/C18H27N3O5S/c1-13-5-3-9-20(12-13)27(24,25)15-7-8-16(17(11-15)21(22)23)19-14(2)18-6-4-10-26-18/h7-8,11,13-14,18-19H,3-6,9-10,12H2,1-2H3. The van der Waals surface area contributed by atoms with Gasteiger partial charge >= 0.3 is 0 Å². The SMILES string of the molecule is CC1CCCN(S(=O)(=O)c2ccc(NC(C)C3CCCO3)c([N+](=O)[O-])c2)C1. The summed E-state index contributed by atoms with van der Waals surface area (Å²) in [6, 6.07) is 4.01. The highest BCUT2D eigenvalue weighted by atomic mass is 32.2. The first-order valence-corrected chi connectivity index (χ1v) is 10.9. The Morgan fingerprint density at radius 2 is 2.11 bits per heavy atom. The van der Waals surface area contributed by atoms with E-state index in [2.05, 4.69) is 5.32 Å². The molecular weight excluding hydrogens is 370 g/mol. The van der Waals surface area contributed by atoms with Crippen molar-refractivity contribution in [2.24, 2.45) is 5.92 Å². The van der Waals surface area contributed by atoms with Crippen molar-refractivity contribution in [1.29, 1.82) is 0 Å². The Hall–Kier alpha value is -1.71. The third-order valence-electron chi connectivity index (χ3n) is 5.33. The fraction of sp³-hybridized carbons (Fsp3) is 0.667. The van der Waals surface area contributed by atoms with Crippen molar-refractivity contribution < 1.29 is 18.1 Å². The van der Waals surface area contributed by atoms with Crippen molar-refractivity contribution in [1.82, 2.24) is 4.31 Å². The van der Waals surface area contributed by atoms with E-state index in [9.17, 15) is 18.5 Å². The molecule has 2 aliphatic rings. The van der Waals surface area contributed by atoms with Gasteiger partial charge in [-0.2, -0.15) is 4.31 Å². The molecular formula is C18H27N3O5S. The number of ether oxygens (including phenoxy) is 1. The van der Waals surface area contributed by atoms with Gasteiger partial charge in [0.05, 0.1) is 15.9 Å². The van der Waals surface area contributed by atoms with Crippen LogP contribution >= 0.6 is 0 Å². The normalized spacial score (nSPS) is 25.3. The van der Waals surface area contributed by atoms with Crippen LogP contribution in [0.3, 0.4) is 0 Å². The molecule has 0 radical (unpaired) electrons. The fourth-order valence-electron chi connectivity index (χ4n) is 3.79. The van der Waals surface area contributed by atoms with E-state index in [0.717, 1.165) is 25.7 Å². The largest absolute Gasteiger partial charge is 0.376 e. The number of piperidine rings is 1. The lowest BCUT2D eigenvalue weighted by atomic mass is 10.0. The molecule has 3 rings (SSSR count). The number of nitrogens with one attached hydrogen (secondary N) is 1. The Morgan fingerprint density at radius 3 is 2.74 bits per heavy atom. The molecule has 0 amide bonds. The molecule has 1 aromatic rings. The summed E-state index contributed by atoms with van der Waals surface area (Å²) in [6.07, 6.45) is 3.69. The lowest BCUT2D eigenvalue weighted by molar-refractivity contribution is -0.384. The second-order valence-corrected chi connectivity index (χ2v) is 9.47. The van der Waals surface area contributed by atoms with Gasteiger partial charge in [-0.15, -0.1) is 0 Å².